The summed E-state index contributed by atoms with van der Waals surface area (Å²) in [6.45, 7) is 9.25. The lowest BCUT2D eigenvalue weighted by Crippen LogP contribution is -2.45. The maximum atomic E-state index is 11.8. The van der Waals surface area contributed by atoms with E-state index >= 15 is 0 Å². The van der Waals surface area contributed by atoms with E-state index in [9.17, 15) is 9.59 Å². The van der Waals surface area contributed by atoms with Gasteiger partial charge in [0.2, 0.25) is 5.91 Å². The van der Waals surface area contributed by atoms with E-state index in [0.717, 1.165) is 37.6 Å². The Morgan fingerprint density at radius 3 is 2.39 bits per heavy atom. The Kier molecular flexibility index (Phi) is 10.9. The van der Waals surface area contributed by atoms with Gasteiger partial charge in [-0.2, -0.15) is 0 Å². The average Bonchev–Trinajstić information content (AvgIpc) is 3.15. The second-order valence-corrected chi connectivity index (χ2v) is 6.57. The first-order valence-corrected chi connectivity index (χ1v) is 9.77. The number of rotatable bonds is 7. The molecule has 8 heteroatoms. The van der Waals surface area contributed by atoms with Gasteiger partial charge in [-0.15, -0.1) is 24.0 Å². The van der Waals surface area contributed by atoms with Crippen LogP contribution in [-0.4, -0.2) is 54.9 Å². The minimum Gasteiger partial charge on any atom is -0.357 e. The first-order valence-electron chi connectivity index (χ1n) is 9.77. The predicted octanol–water partition coefficient (Wildman–Crippen LogP) is 2.12. The molecular formula is C20H32IN5O2. The summed E-state index contributed by atoms with van der Waals surface area (Å²) in [5.74, 6) is 0.893. The summed E-state index contributed by atoms with van der Waals surface area (Å²) in [4.78, 5) is 30.2. The number of carbonyl (C=O) groups is 2. The highest BCUT2D eigenvalue weighted by Crippen LogP contribution is 2.11. The molecule has 28 heavy (non-hydrogen) atoms. The lowest BCUT2D eigenvalue weighted by molar-refractivity contribution is -0.129. The van der Waals surface area contributed by atoms with Crippen molar-refractivity contribution in [3.05, 3.63) is 35.4 Å². The fourth-order valence-corrected chi connectivity index (χ4v) is 3.04. The second-order valence-electron chi connectivity index (χ2n) is 6.57. The van der Waals surface area contributed by atoms with Gasteiger partial charge in [-0.05, 0) is 38.0 Å². The number of hydrogen-bond acceptors (Lipinski definition) is 3. The third-order valence-electron chi connectivity index (χ3n) is 4.50. The van der Waals surface area contributed by atoms with E-state index < -0.39 is 0 Å². The van der Waals surface area contributed by atoms with Crippen LogP contribution in [0.1, 0.15) is 49.5 Å². The molecule has 7 nitrogen and oxygen atoms in total. The quantitative estimate of drug-likeness (QED) is 0.304. The Morgan fingerprint density at radius 1 is 1.11 bits per heavy atom. The summed E-state index contributed by atoms with van der Waals surface area (Å²) in [6.07, 6.45) is 1.48. The molecule has 0 radical (unpaired) electrons. The number of halogens is 1. The van der Waals surface area contributed by atoms with E-state index in [0.29, 0.717) is 25.1 Å². The van der Waals surface area contributed by atoms with Gasteiger partial charge >= 0.3 is 0 Å². The fraction of sp³-hybridized carbons (Fsp3) is 0.550. The summed E-state index contributed by atoms with van der Waals surface area (Å²) in [6, 6.07) is 7.71. The molecule has 2 rings (SSSR count). The zero-order valence-electron chi connectivity index (χ0n) is 17.0. The molecule has 1 aromatic rings. The molecule has 1 saturated heterocycles. The topological polar surface area (TPSA) is 85.8 Å². The normalized spacial score (nSPS) is 16.3. The molecule has 1 atom stereocenters. The van der Waals surface area contributed by atoms with Gasteiger partial charge in [0.05, 0.1) is 6.54 Å². The standard InChI is InChI=1S/C20H31N5O2.HI/c1-4-18(26)25-12-11-17(14-25)24-20(22-6-3)23-13-15-7-9-16(10-8-15)19(27)21-5-2;/h7-10,17H,4-6,11-14H2,1-3H3,(H,21,27)(H2,22,23,24);1H. The van der Waals surface area contributed by atoms with Gasteiger partial charge in [-0.1, -0.05) is 19.1 Å². The van der Waals surface area contributed by atoms with Gasteiger partial charge in [0, 0.05) is 44.2 Å². The van der Waals surface area contributed by atoms with Crippen LogP contribution in [0.15, 0.2) is 29.3 Å². The van der Waals surface area contributed by atoms with Gasteiger partial charge in [-0.25, -0.2) is 4.99 Å². The molecule has 1 aliphatic heterocycles. The number of aliphatic imine (C=N–C) groups is 1. The zero-order valence-corrected chi connectivity index (χ0v) is 19.3. The maximum absolute atomic E-state index is 11.8. The van der Waals surface area contributed by atoms with Crippen LogP contribution in [0, 0.1) is 0 Å². The number of guanidine groups is 1. The third kappa shape index (κ3) is 7.29. The molecule has 156 valence electrons. The van der Waals surface area contributed by atoms with Crippen molar-refractivity contribution in [2.24, 2.45) is 4.99 Å². The molecule has 0 aliphatic carbocycles. The van der Waals surface area contributed by atoms with Crippen LogP contribution >= 0.6 is 24.0 Å². The van der Waals surface area contributed by atoms with Crippen molar-refractivity contribution < 1.29 is 9.59 Å². The van der Waals surface area contributed by atoms with Crippen LogP contribution < -0.4 is 16.0 Å². The fourth-order valence-electron chi connectivity index (χ4n) is 3.04. The molecule has 1 aliphatic rings. The number of benzene rings is 1. The van der Waals surface area contributed by atoms with Crippen molar-refractivity contribution in [1.82, 2.24) is 20.9 Å². The Balaban J connectivity index is 0.00000392. The van der Waals surface area contributed by atoms with Crippen molar-refractivity contribution in [1.29, 1.82) is 0 Å². The van der Waals surface area contributed by atoms with Crippen molar-refractivity contribution in [2.45, 2.75) is 46.2 Å². The molecule has 1 heterocycles. The molecule has 1 fully saturated rings. The number of likely N-dealkylation sites (tertiary alicyclic amines) is 1. The largest absolute Gasteiger partial charge is 0.357 e. The van der Waals surface area contributed by atoms with Crippen molar-refractivity contribution in [3.8, 4) is 0 Å². The maximum Gasteiger partial charge on any atom is 0.251 e. The summed E-state index contributed by atoms with van der Waals surface area (Å²) in [5.41, 5.74) is 1.69. The summed E-state index contributed by atoms with van der Waals surface area (Å²) in [5, 5.41) is 9.47. The number of nitrogens with zero attached hydrogens (tertiary/aromatic N) is 2. The van der Waals surface area contributed by atoms with E-state index in [-0.39, 0.29) is 41.8 Å². The lowest BCUT2D eigenvalue weighted by Gasteiger charge is -2.18. The Bertz CT molecular complexity index is 663. The van der Waals surface area contributed by atoms with E-state index in [1.165, 1.54) is 0 Å². The van der Waals surface area contributed by atoms with Crippen molar-refractivity contribution in [3.63, 3.8) is 0 Å². The van der Waals surface area contributed by atoms with Crippen LogP contribution in [0.4, 0.5) is 0 Å². The van der Waals surface area contributed by atoms with Gasteiger partial charge in [0.1, 0.15) is 0 Å². The molecule has 1 unspecified atom stereocenters. The minimum atomic E-state index is -0.0602. The van der Waals surface area contributed by atoms with E-state index in [1.54, 1.807) is 0 Å². The molecule has 0 spiro atoms. The molecule has 3 N–H and O–H groups in total. The lowest BCUT2D eigenvalue weighted by atomic mass is 10.1. The van der Waals surface area contributed by atoms with Gasteiger partial charge in [-0.3, -0.25) is 9.59 Å². The third-order valence-corrected chi connectivity index (χ3v) is 4.50. The van der Waals surface area contributed by atoms with Gasteiger partial charge in [0.25, 0.3) is 5.91 Å². The Labute approximate surface area is 184 Å². The molecule has 1 aromatic carbocycles. The first-order chi connectivity index (χ1) is 13.1. The highest BCUT2D eigenvalue weighted by Gasteiger charge is 2.25. The minimum absolute atomic E-state index is 0. The Hall–Kier alpha value is -1.84. The number of carbonyl (C=O) groups excluding carboxylic acids is 2. The van der Waals surface area contributed by atoms with E-state index in [1.807, 2.05) is 49.9 Å². The van der Waals surface area contributed by atoms with Gasteiger partial charge in [0.15, 0.2) is 5.96 Å². The average molecular weight is 501 g/mol. The summed E-state index contributed by atoms with van der Waals surface area (Å²) >= 11 is 0. The molecule has 0 aromatic heterocycles. The van der Waals surface area contributed by atoms with E-state index in [2.05, 4.69) is 20.9 Å². The first kappa shape index (κ1) is 24.2. The number of nitrogens with one attached hydrogen (secondary N) is 3. The highest BCUT2D eigenvalue weighted by molar-refractivity contribution is 14.0. The molecule has 2 amide bonds. The molecule has 0 saturated carbocycles. The van der Waals surface area contributed by atoms with Crippen LogP contribution in [0.25, 0.3) is 0 Å². The van der Waals surface area contributed by atoms with Crippen LogP contribution in [0.5, 0.6) is 0 Å². The predicted molar refractivity (Wildman–Crippen MR) is 123 cm³/mol. The molecule has 0 bridgehead atoms. The number of amides is 2. The Morgan fingerprint density at radius 2 is 1.79 bits per heavy atom. The summed E-state index contributed by atoms with van der Waals surface area (Å²) < 4.78 is 0. The van der Waals surface area contributed by atoms with Crippen molar-refractivity contribution >= 4 is 41.8 Å². The SMILES string of the molecule is CCNC(=O)c1ccc(CN=C(NCC)NC2CCN(C(=O)CC)C2)cc1.I. The summed E-state index contributed by atoms with van der Waals surface area (Å²) in [7, 11) is 0. The van der Waals surface area contributed by atoms with Crippen molar-refractivity contribution in [2.75, 3.05) is 26.2 Å². The van der Waals surface area contributed by atoms with Crippen LogP contribution in [-0.2, 0) is 11.3 Å². The van der Waals surface area contributed by atoms with Crippen LogP contribution in [0.2, 0.25) is 0 Å². The zero-order chi connectivity index (χ0) is 19.6. The van der Waals surface area contributed by atoms with Gasteiger partial charge < -0.3 is 20.9 Å². The smallest absolute Gasteiger partial charge is 0.251 e. The molecular weight excluding hydrogens is 469 g/mol. The van der Waals surface area contributed by atoms with Crippen LogP contribution in [0.3, 0.4) is 0 Å². The monoisotopic (exact) mass is 501 g/mol. The number of hydrogen-bond donors (Lipinski definition) is 3. The highest BCUT2D eigenvalue weighted by atomic mass is 127. The second kappa shape index (κ2) is 12.6. The van der Waals surface area contributed by atoms with E-state index in [4.69, 9.17) is 0 Å².